The Labute approximate surface area is 246 Å². The van der Waals surface area contributed by atoms with Crippen LogP contribution in [0.1, 0.15) is 47.6 Å². The molecule has 1 fully saturated rings. The number of carbonyl (C=O) groups is 1. The number of nitrogens with one attached hydrogen (secondary N) is 1. The molecule has 1 unspecified atom stereocenters. The molecule has 0 radical (unpaired) electrons. The zero-order valence-electron chi connectivity index (χ0n) is 22.7. The van der Waals surface area contributed by atoms with Gasteiger partial charge in [-0.25, -0.2) is 4.98 Å². The molecule has 2 N–H and O–H groups in total. The molecule has 41 heavy (non-hydrogen) atoms. The molecule has 1 amide bonds. The quantitative estimate of drug-likeness (QED) is 0.294. The maximum absolute atomic E-state index is 13.5. The molecular formula is C30H31BrN8O2. The highest BCUT2D eigenvalue weighted by Crippen LogP contribution is 2.28. The number of aliphatic hydroxyl groups is 1. The van der Waals surface area contributed by atoms with Crippen molar-refractivity contribution in [1.82, 2.24) is 34.5 Å². The molecule has 4 aromatic rings. The molecule has 0 bridgehead atoms. The van der Waals surface area contributed by atoms with E-state index >= 15 is 0 Å². The van der Waals surface area contributed by atoms with Crippen molar-refractivity contribution >= 4 is 38.9 Å². The van der Waals surface area contributed by atoms with E-state index in [-0.39, 0.29) is 17.6 Å². The fourth-order valence-corrected chi connectivity index (χ4v) is 5.60. The van der Waals surface area contributed by atoms with E-state index in [1.54, 1.807) is 16.8 Å². The molecular weight excluding hydrogens is 584 g/mol. The molecule has 0 spiro atoms. The third kappa shape index (κ3) is 5.67. The minimum absolute atomic E-state index is 0.0921. The number of hydrogen-bond donors (Lipinski definition) is 2. The summed E-state index contributed by atoms with van der Waals surface area (Å²) in [7, 11) is 0. The standard InChI is InChI=1S/C30H31BrN8O2/c1-20-28(36-39(35-20)22-11-5-4-6-12-22)30(41)37-15-9-10-21(19-37)17-32-27-16-25(34-29-24(31)18-33-38(27)29)23-13-7-2-3-8-14-26(23)40/h4-8,11-14,16,18,21,32,40H,2-3,9-10,15,17,19H2,1H3/b13-7-,14-8-,26-23-. The predicted molar refractivity (Wildman–Crippen MR) is 161 cm³/mol. The highest BCUT2D eigenvalue weighted by Gasteiger charge is 2.28. The van der Waals surface area contributed by atoms with E-state index < -0.39 is 0 Å². The summed E-state index contributed by atoms with van der Waals surface area (Å²) in [4.78, 5) is 21.7. The number of para-hydroxylation sites is 1. The fourth-order valence-electron chi connectivity index (χ4n) is 5.25. The molecule has 6 rings (SSSR count). The highest BCUT2D eigenvalue weighted by molar-refractivity contribution is 9.10. The minimum atomic E-state index is -0.0921. The van der Waals surface area contributed by atoms with Gasteiger partial charge in [-0.2, -0.15) is 19.5 Å². The van der Waals surface area contributed by atoms with Gasteiger partial charge in [0.05, 0.1) is 27.7 Å². The lowest BCUT2D eigenvalue weighted by Crippen LogP contribution is -2.42. The minimum Gasteiger partial charge on any atom is -0.507 e. The average molecular weight is 616 g/mol. The van der Waals surface area contributed by atoms with E-state index in [0.717, 1.165) is 41.7 Å². The van der Waals surface area contributed by atoms with Crippen molar-refractivity contribution in [2.75, 3.05) is 25.0 Å². The van der Waals surface area contributed by atoms with E-state index in [0.29, 0.717) is 47.9 Å². The van der Waals surface area contributed by atoms with Gasteiger partial charge in [0.15, 0.2) is 11.3 Å². The van der Waals surface area contributed by atoms with Crippen molar-refractivity contribution < 1.29 is 9.90 Å². The van der Waals surface area contributed by atoms with E-state index in [9.17, 15) is 9.90 Å². The number of allylic oxidation sites excluding steroid dienone is 5. The first-order chi connectivity index (χ1) is 20.0. The third-order valence-corrected chi connectivity index (χ3v) is 7.95. The van der Waals surface area contributed by atoms with E-state index in [2.05, 4.69) is 36.5 Å². The fraction of sp³-hybridized carbons (Fsp3) is 0.300. The Morgan fingerprint density at radius 1 is 1.15 bits per heavy atom. The molecule has 2 aliphatic rings. The molecule has 3 aromatic heterocycles. The van der Waals surface area contributed by atoms with Crippen molar-refractivity contribution in [1.29, 1.82) is 0 Å². The molecule has 1 atom stereocenters. The van der Waals surface area contributed by atoms with Crippen LogP contribution in [0, 0.1) is 12.8 Å². The van der Waals surface area contributed by atoms with Crippen LogP contribution in [0.4, 0.5) is 5.82 Å². The number of likely N-dealkylation sites (tertiary alicyclic amines) is 1. The van der Waals surface area contributed by atoms with Crippen molar-refractivity contribution in [2.24, 2.45) is 5.92 Å². The summed E-state index contributed by atoms with van der Waals surface area (Å²) in [5.41, 5.74) is 3.79. The number of anilines is 1. The van der Waals surface area contributed by atoms with Crippen molar-refractivity contribution in [3.8, 4) is 5.69 Å². The zero-order chi connectivity index (χ0) is 28.3. The predicted octanol–water partition coefficient (Wildman–Crippen LogP) is 5.52. The van der Waals surface area contributed by atoms with E-state index in [1.807, 2.05) is 66.4 Å². The molecule has 10 nitrogen and oxygen atoms in total. The number of fused-ring (bicyclic) bond motifs is 1. The Kier molecular flexibility index (Phi) is 7.69. The van der Waals surface area contributed by atoms with E-state index in [1.165, 1.54) is 4.80 Å². The Hall–Kier alpha value is -4.25. The van der Waals surface area contributed by atoms with Crippen LogP contribution in [-0.2, 0) is 0 Å². The first-order valence-corrected chi connectivity index (χ1v) is 14.6. The van der Waals surface area contributed by atoms with Crippen LogP contribution < -0.4 is 5.32 Å². The summed E-state index contributed by atoms with van der Waals surface area (Å²) in [5, 5.41) is 27.8. The maximum atomic E-state index is 13.5. The lowest BCUT2D eigenvalue weighted by atomic mass is 9.97. The van der Waals surface area contributed by atoms with Gasteiger partial charge in [0.1, 0.15) is 11.6 Å². The SMILES string of the molecule is Cc1nn(-c2ccccc2)nc1C(=O)N1CCCC(CNc2cc(C3=C(O)/C=C\CC/C=C\3)nc3c(Br)cnn23)C1. The number of aryl methyl sites for hydroxylation is 1. The Morgan fingerprint density at radius 3 is 2.78 bits per heavy atom. The van der Waals surface area contributed by atoms with Gasteiger partial charge in [-0.15, -0.1) is 5.10 Å². The molecule has 1 aromatic carbocycles. The first-order valence-electron chi connectivity index (χ1n) is 13.8. The number of benzene rings is 1. The van der Waals surface area contributed by atoms with Crippen LogP contribution in [-0.4, -0.2) is 65.1 Å². The largest absolute Gasteiger partial charge is 0.507 e. The topological polar surface area (TPSA) is 113 Å². The van der Waals surface area contributed by atoms with E-state index in [4.69, 9.17) is 4.98 Å². The zero-order valence-corrected chi connectivity index (χ0v) is 24.3. The molecule has 1 aliphatic heterocycles. The Morgan fingerprint density at radius 2 is 1.95 bits per heavy atom. The average Bonchev–Trinajstić information content (AvgIpc) is 3.56. The maximum Gasteiger partial charge on any atom is 0.276 e. The molecule has 11 heteroatoms. The number of carbonyl (C=O) groups excluding carboxylic acids is 1. The normalized spacial score (nSPS) is 20.9. The van der Waals surface area contributed by atoms with Gasteiger partial charge < -0.3 is 15.3 Å². The second-order valence-electron chi connectivity index (χ2n) is 10.3. The summed E-state index contributed by atoms with van der Waals surface area (Å²) in [6.45, 7) is 3.78. The van der Waals surface area contributed by atoms with Gasteiger partial charge in [-0.3, -0.25) is 4.79 Å². The number of amides is 1. The number of piperidine rings is 1. The van der Waals surface area contributed by atoms with Crippen molar-refractivity contribution in [3.63, 3.8) is 0 Å². The van der Waals surface area contributed by atoms with Gasteiger partial charge in [-0.1, -0.05) is 36.4 Å². The summed E-state index contributed by atoms with van der Waals surface area (Å²) < 4.78 is 2.52. The summed E-state index contributed by atoms with van der Waals surface area (Å²) in [6.07, 6.45) is 13.1. The summed E-state index contributed by atoms with van der Waals surface area (Å²) in [6, 6.07) is 11.5. The van der Waals surface area contributed by atoms with Gasteiger partial charge >= 0.3 is 0 Å². The number of nitrogens with zero attached hydrogens (tertiary/aromatic N) is 7. The first kappa shape index (κ1) is 26.9. The molecule has 210 valence electrons. The Bertz CT molecular complexity index is 1670. The summed E-state index contributed by atoms with van der Waals surface area (Å²) in [5.74, 6) is 1.09. The molecule has 1 saturated heterocycles. The highest BCUT2D eigenvalue weighted by atomic mass is 79.9. The Balaban J connectivity index is 1.20. The van der Waals surface area contributed by atoms with Gasteiger partial charge in [0, 0.05) is 31.3 Å². The number of rotatable bonds is 6. The number of hydrogen-bond acceptors (Lipinski definition) is 7. The van der Waals surface area contributed by atoms with Gasteiger partial charge in [0.2, 0.25) is 0 Å². The summed E-state index contributed by atoms with van der Waals surface area (Å²) >= 11 is 3.56. The monoisotopic (exact) mass is 614 g/mol. The number of aliphatic hydroxyl groups excluding tert-OH is 1. The second-order valence-corrected chi connectivity index (χ2v) is 11.2. The molecule has 4 heterocycles. The number of halogens is 1. The van der Waals surface area contributed by atoms with Gasteiger partial charge in [0.25, 0.3) is 5.91 Å². The number of aromatic nitrogens is 6. The van der Waals surface area contributed by atoms with Crippen LogP contribution in [0.3, 0.4) is 0 Å². The van der Waals surface area contributed by atoms with Crippen LogP contribution in [0.25, 0.3) is 16.9 Å². The molecule has 1 aliphatic carbocycles. The van der Waals surface area contributed by atoms with Crippen LogP contribution >= 0.6 is 15.9 Å². The van der Waals surface area contributed by atoms with Crippen LogP contribution in [0.2, 0.25) is 0 Å². The van der Waals surface area contributed by atoms with Crippen LogP contribution in [0.5, 0.6) is 0 Å². The lowest BCUT2D eigenvalue weighted by Gasteiger charge is -2.32. The van der Waals surface area contributed by atoms with Crippen molar-refractivity contribution in [2.45, 2.75) is 32.6 Å². The second kappa shape index (κ2) is 11.7. The van der Waals surface area contributed by atoms with Crippen LogP contribution in [0.15, 0.2) is 77.1 Å². The smallest absolute Gasteiger partial charge is 0.276 e. The van der Waals surface area contributed by atoms with Crippen molar-refractivity contribution in [3.05, 3.63) is 94.2 Å². The third-order valence-electron chi connectivity index (χ3n) is 7.39. The lowest BCUT2D eigenvalue weighted by molar-refractivity contribution is 0.0673. The molecule has 0 saturated carbocycles. The van der Waals surface area contributed by atoms with Gasteiger partial charge in [-0.05, 0) is 72.7 Å².